The van der Waals surface area contributed by atoms with E-state index in [1.807, 2.05) is 55.7 Å². The fraction of sp³-hybridized carbons (Fsp3) is 0.833. The predicted molar refractivity (Wildman–Crippen MR) is 315 cm³/mol. The zero-order valence-corrected chi connectivity index (χ0v) is 52.9. The number of carbonyl (C=O) groups is 3. The van der Waals surface area contributed by atoms with Crippen molar-refractivity contribution in [2.75, 3.05) is 117 Å². The number of carboxylic acid groups (broad SMARTS) is 1. The van der Waals surface area contributed by atoms with Gasteiger partial charge in [-0.25, -0.2) is 14.4 Å². The normalized spacial score (nSPS) is 11.3. The maximum absolute atomic E-state index is 10.3. The Bertz CT molecular complexity index is 1190. The fourth-order valence-electron chi connectivity index (χ4n) is 2.84. The molecule has 0 bridgehead atoms. The molecular formula is C42H94N4NaO18S8+. The topological polar surface area (TPSA) is 354 Å². The first-order chi connectivity index (χ1) is 33.1. The number of carbonyl (C=O) groups excluding carboxylic acids is 2. The number of ether oxygens (including phenoxy) is 5. The van der Waals surface area contributed by atoms with E-state index in [2.05, 4.69) is 92.1 Å². The number of hydrogen-bond donors (Lipinski definition) is 12. The van der Waals surface area contributed by atoms with Crippen molar-refractivity contribution in [1.82, 2.24) is 15.1 Å². The van der Waals surface area contributed by atoms with Crippen molar-refractivity contribution in [2.24, 2.45) is 5.73 Å². The van der Waals surface area contributed by atoms with Crippen LogP contribution >= 0.6 is 97.2 Å². The van der Waals surface area contributed by atoms with Gasteiger partial charge in [0.15, 0.2) is 6.10 Å². The van der Waals surface area contributed by atoms with Crippen molar-refractivity contribution in [3.8, 4) is 0 Å². The van der Waals surface area contributed by atoms with E-state index in [1.165, 1.54) is 23.5 Å². The van der Waals surface area contributed by atoms with Crippen molar-refractivity contribution in [3.05, 3.63) is 0 Å². The first-order valence-corrected chi connectivity index (χ1v) is 26.5. The summed E-state index contributed by atoms with van der Waals surface area (Å²) in [4.78, 5) is 34.6. The molecule has 1 rings (SSSR count). The van der Waals surface area contributed by atoms with Crippen LogP contribution in [-0.4, -0.2) is 238 Å². The average molecular weight is 1220 g/mol. The maximum atomic E-state index is 10.3. The summed E-state index contributed by atoms with van der Waals surface area (Å²) >= 11 is 29.3. The van der Waals surface area contributed by atoms with Gasteiger partial charge in [0, 0.05) is 52.8 Å². The first kappa shape index (κ1) is 101. The first-order valence-electron chi connectivity index (χ1n) is 22.1. The Kier molecular flexibility index (Phi) is 122. The summed E-state index contributed by atoms with van der Waals surface area (Å²) < 4.78 is 26.2. The molecule has 438 valence electrons. The monoisotopic (exact) mass is 1220 g/mol. The van der Waals surface area contributed by atoms with E-state index in [-0.39, 0.29) is 90.1 Å². The maximum Gasteiger partial charge on any atom is 1.00 e. The van der Waals surface area contributed by atoms with Crippen LogP contribution in [0.4, 0.5) is 14.4 Å². The third kappa shape index (κ3) is 101. The van der Waals surface area contributed by atoms with Gasteiger partial charge in [-0.2, -0.15) is 0 Å². The van der Waals surface area contributed by atoms with Crippen LogP contribution in [-0.2, 0) is 23.7 Å². The Hall–Kier alpha value is -0.490. The molecule has 1 aliphatic heterocycles. The molecule has 31 heteroatoms. The minimum atomic E-state index is -1.38. The molecule has 0 radical (unpaired) electrons. The molecule has 0 saturated carbocycles. The van der Waals surface area contributed by atoms with Crippen LogP contribution < -0.4 is 40.6 Å². The smallest absolute Gasteiger partial charge is 0.870 e. The molecule has 1 saturated heterocycles. The summed E-state index contributed by atoms with van der Waals surface area (Å²) in [7, 11) is 0. The van der Waals surface area contributed by atoms with Crippen LogP contribution in [0.2, 0.25) is 0 Å². The summed E-state index contributed by atoms with van der Waals surface area (Å²) in [5, 5.41) is 78.0. The number of aliphatic hydroxyl groups is 8. The van der Waals surface area contributed by atoms with E-state index in [4.69, 9.17) is 76.1 Å². The Morgan fingerprint density at radius 2 is 1.14 bits per heavy atom. The summed E-state index contributed by atoms with van der Waals surface area (Å²) in [6.07, 6.45) is -4.55. The standard InChI is InChI=1S/C9H17NO4S2.C8H17NO2S2.C5H10O3.C4H11N.C4H6O4.C3H8O3.C3H6S2.C2H7N.C2H6O.CS2.CH4.Na.H2O/c1-3-10(4-2)8(15)16-6-7(5-11)14-9(12)13;1-3-9(4-2)8(12)13-6-7(11)5-10;1-3-7-5(6)8-4-2;1-3-5-4-2;5-1-3-2-7-4(6)8-3;4-1-3(6)2-5;1-2-3(4)5;2*1-2-3;2-1-3;;;/h7,11H,3-6H2,1-2H3,(H,12,13);7,10-11H,3-6H2,1-2H3;3-4H2,1-2H3;5H,3-4H2,1-2H3;3,5H,1-2H2;3-6H,1-2H2;2H2,1H3,(H,4,5);2-3H2,1H3;3H,2H2,1H3;;1H4;;1H2/q;;;;;;;;;;;+1;. The van der Waals surface area contributed by atoms with E-state index >= 15 is 0 Å². The van der Waals surface area contributed by atoms with Crippen LogP contribution in [0.25, 0.3) is 0 Å². The second kappa shape index (κ2) is 88.1. The van der Waals surface area contributed by atoms with Crippen LogP contribution in [0.5, 0.6) is 0 Å². The molecule has 0 aromatic carbocycles. The molecule has 0 aromatic rings. The molecule has 1 aliphatic rings. The van der Waals surface area contributed by atoms with E-state index in [0.717, 1.165) is 60.8 Å². The molecule has 22 nitrogen and oxygen atoms in total. The van der Waals surface area contributed by atoms with Crippen molar-refractivity contribution in [1.29, 1.82) is 0 Å². The second-order valence-corrected chi connectivity index (χ2v) is 17.0. The quantitative estimate of drug-likeness (QED) is 0.0289. The van der Waals surface area contributed by atoms with Crippen LogP contribution in [0, 0.1) is 0 Å². The van der Waals surface area contributed by atoms with Crippen LogP contribution in [0.15, 0.2) is 0 Å². The molecule has 3 unspecified atom stereocenters. The van der Waals surface area contributed by atoms with Gasteiger partial charge < -0.3 is 96.0 Å². The average Bonchev–Trinajstić information content (AvgIpc) is 3.77. The van der Waals surface area contributed by atoms with Crippen molar-refractivity contribution >= 4 is 133 Å². The number of thiol groups is 1. The molecule has 1 fully saturated rings. The largest absolute Gasteiger partial charge is 1.00 e. The van der Waals surface area contributed by atoms with Gasteiger partial charge in [-0.1, -0.05) is 95.3 Å². The van der Waals surface area contributed by atoms with Gasteiger partial charge in [-0.3, -0.25) is 0 Å². The molecule has 0 amide bonds. The zero-order valence-electron chi connectivity index (χ0n) is 45.3. The molecule has 3 atom stereocenters. The van der Waals surface area contributed by atoms with Crippen LogP contribution in [0.3, 0.4) is 0 Å². The Morgan fingerprint density at radius 3 is 1.32 bits per heavy atom. The molecule has 0 spiro atoms. The number of nitrogens with one attached hydrogen (secondary N) is 1. The predicted octanol–water partition coefficient (Wildman–Crippen LogP) is 1.95. The van der Waals surface area contributed by atoms with Crippen LogP contribution in [0.1, 0.15) is 91.4 Å². The number of nitrogens with two attached hydrogens (primary N) is 1. The number of cyclic esters (lactones) is 2. The van der Waals surface area contributed by atoms with E-state index in [0.29, 0.717) is 29.0 Å². The van der Waals surface area contributed by atoms with Crippen molar-refractivity contribution in [2.45, 2.75) is 114 Å². The molecule has 13 N–H and O–H groups in total. The number of thiocarbonyl (C=S) groups is 5. The molecule has 73 heavy (non-hydrogen) atoms. The SMILES string of the molecule is C.CCC(=S)S.CCN.CCN(CC)C(=S)SCC(CO)OC(=O)O.CCN(CC)C(=S)SCC(O)CO.CCNCC.CCO.CCOC(=O)OCC.O=C1OCC(CO)O1.OCC(O)CO.S=C=S.[H+].[Na+].[OH-]. The molecule has 1 heterocycles. The Labute approximate surface area is 501 Å². The zero-order chi connectivity index (χ0) is 56.7. The molecule has 0 aliphatic carbocycles. The summed E-state index contributed by atoms with van der Waals surface area (Å²) in [6.45, 7) is 27.4. The summed E-state index contributed by atoms with van der Waals surface area (Å²) in [5.74, 6) is 0.796. The third-order valence-electron chi connectivity index (χ3n) is 6.12. The summed E-state index contributed by atoms with van der Waals surface area (Å²) in [5.41, 5.74) is 4.85. The van der Waals surface area contributed by atoms with E-state index in [9.17, 15) is 14.4 Å². The van der Waals surface area contributed by atoms with Crippen molar-refractivity contribution in [3.63, 3.8) is 0 Å². The van der Waals surface area contributed by atoms with Gasteiger partial charge >= 0.3 is 49.5 Å². The van der Waals surface area contributed by atoms with Crippen molar-refractivity contribution < 1.29 is 120 Å². The van der Waals surface area contributed by atoms with Gasteiger partial charge in [-0.05, 0) is 99.0 Å². The van der Waals surface area contributed by atoms with E-state index < -0.39 is 42.9 Å². The summed E-state index contributed by atoms with van der Waals surface area (Å²) in [6, 6.07) is 0. The second-order valence-electron chi connectivity index (χ2n) is 11.7. The van der Waals surface area contributed by atoms with Gasteiger partial charge in [0.25, 0.3) is 0 Å². The van der Waals surface area contributed by atoms with E-state index in [1.54, 1.807) is 20.8 Å². The number of aliphatic hydroxyl groups excluding tert-OH is 8. The minimum Gasteiger partial charge on any atom is -0.870 e. The number of hydrogen-bond acceptors (Lipinski definition) is 26. The number of nitrogens with zero attached hydrogens (tertiary/aromatic N) is 2. The van der Waals surface area contributed by atoms with Gasteiger partial charge in [0.2, 0.25) is 0 Å². The van der Waals surface area contributed by atoms with Gasteiger partial charge in [0.1, 0.15) is 27.5 Å². The van der Waals surface area contributed by atoms with Gasteiger partial charge in [0.05, 0.1) is 52.4 Å². The third-order valence-corrected chi connectivity index (χ3v) is 10.0. The molecule has 0 aromatic heterocycles. The van der Waals surface area contributed by atoms with Gasteiger partial charge in [-0.15, -0.1) is 12.6 Å². The fourth-order valence-corrected chi connectivity index (χ4v) is 5.59. The minimum absolute atomic E-state index is 0. The molecular weight excluding hydrogens is 1130 g/mol. The number of thioether (sulfide) groups is 2. The number of rotatable bonds is 19. The Balaban J connectivity index is -0.0000000530. The Morgan fingerprint density at radius 1 is 0.795 bits per heavy atom.